The molecular weight excluding hydrogens is 576 g/mol. The number of benzene rings is 3. The van der Waals surface area contributed by atoms with Crippen molar-refractivity contribution in [3.05, 3.63) is 115 Å². The van der Waals surface area contributed by atoms with Gasteiger partial charge >= 0.3 is 5.69 Å². The molecule has 0 saturated carbocycles. The Morgan fingerprint density at radius 3 is 2.58 bits per heavy atom. The van der Waals surface area contributed by atoms with Crippen LogP contribution >= 0.6 is 15.9 Å². The van der Waals surface area contributed by atoms with Gasteiger partial charge in [-0.25, -0.2) is 0 Å². The molecule has 1 aliphatic heterocycles. The molecule has 3 aromatic carbocycles. The number of para-hydroxylation sites is 2. The van der Waals surface area contributed by atoms with Crippen LogP contribution in [0, 0.1) is 21.4 Å². The van der Waals surface area contributed by atoms with Crippen molar-refractivity contribution in [3.63, 3.8) is 0 Å². The standard InChI is InChI=1S/C30H25BrN4O5/c1-39-26-14-9-18(15-19(26)17-40-27-8-3-2-5-23(27)35(37)38)28-22(16-32)30(33)34(21-12-10-20(31)11-13-21)24-6-4-7-25(36)29(24)28/h2-3,5,8-15,28H,4,6-7,17,33H2,1H3/t28-/m1/s1. The molecule has 2 N–H and O–H groups in total. The van der Waals surface area contributed by atoms with Gasteiger partial charge in [-0.2, -0.15) is 5.26 Å². The molecule has 5 rings (SSSR count). The molecule has 0 amide bonds. The zero-order valence-electron chi connectivity index (χ0n) is 21.6. The van der Waals surface area contributed by atoms with Crippen molar-refractivity contribution in [2.24, 2.45) is 5.73 Å². The van der Waals surface area contributed by atoms with Crippen LogP contribution in [0.15, 0.2) is 93.9 Å². The highest BCUT2D eigenvalue weighted by Crippen LogP contribution is 2.47. The number of nitrogens with zero attached hydrogens (tertiary/aromatic N) is 3. The lowest BCUT2D eigenvalue weighted by Crippen LogP contribution is -2.38. The van der Waals surface area contributed by atoms with E-state index in [9.17, 15) is 20.2 Å². The number of hydrogen-bond acceptors (Lipinski definition) is 8. The van der Waals surface area contributed by atoms with Crippen LogP contribution < -0.4 is 20.1 Å². The van der Waals surface area contributed by atoms with Gasteiger partial charge < -0.3 is 15.2 Å². The number of Topliss-reactive ketones (excluding diaryl/α,β-unsaturated/α-hetero) is 1. The number of anilines is 1. The fourth-order valence-corrected chi connectivity index (χ4v) is 5.55. The number of hydrogen-bond donors (Lipinski definition) is 1. The first kappa shape index (κ1) is 27.0. The van der Waals surface area contributed by atoms with Crippen molar-refractivity contribution < 1.29 is 19.2 Å². The number of nitrogens with two attached hydrogens (primary N) is 1. The second-order valence-corrected chi connectivity index (χ2v) is 10.3. The lowest BCUT2D eigenvalue weighted by atomic mass is 9.75. The number of allylic oxidation sites excluding steroid dienone is 3. The lowest BCUT2D eigenvalue weighted by Gasteiger charge is -2.39. The summed E-state index contributed by atoms with van der Waals surface area (Å²) in [4.78, 5) is 26.2. The van der Waals surface area contributed by atoms with E-state index >= 15 is 0 Å². The first-order valence-corrected chi connectivity index (χ1v) is 13.4. The molecule has 0 unspecified atom stereocenters. The highest BCUT2D eigenvalue weighted by molar-refractivity contribution is 9.10. The zero-order valence-corrected chi connectivity index (χ0v) is 23.2. The minimum absolute atomic E-state index is 0.0258. The van der Waals surface area contributed by atoms with Crippen LogP contribution in [0.25, 0.3) is 0 Å². The summed E-state index contributed by atoms with van der Waals surface area (Å²) < 4.78 is 12.3. The van der Waals surface area contributed by atoms with Crippen molar-refractivity contribution in [1.29, 1.82) is 5.26 Å². The topological polar surface area (TPSA) is 132 Å². The van der Waals surface area contributed by atoms with E-state index in [0.29, 0.717) is 41.7 Å². The Kier molecular flexibility index (Phi) is 7.58. The summed E-state index contributed by atoms with van der Waals surface area (Å²) in [5.41, 5.74) is 10.2. The third-order valence-corrected chi connectivity index (χ3v) is 7.61. The highest BCUT2D eigenvalue weighted by Gasteiger charge is 2.40. The Bertz CT molecular complexity index is 1610. The Hall–Kier alpha value is -4.62. The molecule has 2 aliphatic rings. The molecule has 0 radical (unpaired) electrons. The van der Waals surface area contributed by atoms with E-state index < -0.39 is 10.8 Å². The van der Waals surface area contributed by atoms with E-state index in [1.807, 2.05) is 41.3 Å². The van der Waals surface area contributed by atoms with Gasteiger partial charge in [-0.1, -0.05) is 34.1 Å². The number of nitriles is 1. The number of nitro groups is 1. The summed E-state index contributed by atoms with van der Waals surface area (Å²) >= 11 is 3.45. The van der Waals surface area contributed by atoms with Gasteiger partial charge in [0.2, 0.25) is 0 Å². The smallest absolute Gasteiger partial charge is 0.310 e. The van der Waals surface area contributed by atoms with Gasteiger partial charge in [-0.05, 0) is 60.9 Å². The number of carbonyl (C=O) groups is 1. The number of halogens is 1. The average Bonchev–Trinajstić information content (AvgIpc) is 2.96. The molecule has 0 aromatic heterocycles. The second kappa shape index (κ2) is 11.2. The lowest BCUT2D eigenvalue weighted by molar-refractivity contribution is -0.385. The predicted octanol–water partition coefficient (Wildman–Crippen LogP) is 6.25. The number of rotatable bonds is 7. The largest absolute Gasteiger partial charge is 0.496 e. The molecule has 3 aromatic rings. The normalized spacial score (nSPS) is 16.9. The molecular formula is C30H25BrN4O5. The second-order valence-electron chi connectivity index (χ2n) is 9.38. The first-order chi connectivity index (χ1) is 19.3. The Balaban J connectivity index is 1.59. The van der Waals surface area contributed by atoms with E-state index in [2.05, 4.69) is 22.0 Å². The van der Waals surface area contributed by atoms with Crippen LogP contribution in [-0.2, 0) is 11.4 Å². The SMILES string of the molecule is COc1ccc([C@@H]2C(C#N)=C(N)N(c3ccc(Br)cc3)C3=C2C(=O)CCC3)cc1COc1ccccc1[N+](=O)[O-]. The van der Waals surface area contributed by atoms with Crippen molar-refractivity contribution in [3.8, 4) is 17.6 Å². The fraction of sp³-hybridized carbons (Fsp3) is 0.200. The third-order valence-electron chi connectivity index (χ3n) is 7.08. The zero-order chi connectivity index (χ0) is 28.4. The third kappa shape index (κ3) is 4.92. The molecule has 9 nitrogen and oxygen atoms in total. The predicted molar refractivity (Wildman–Crippen MR) is 152 cm³/mol. The van der Waals surface area contributed by atoms with Crippen molar-refractivity contribution in [2.45, 2.75) is 31.8 Å². The quantitative estimate of drug-likeness (QED) is 0.248. The van der Waals surface area contributed by atoms with Gasteiger partial charge in [0, 0.05) is 39.5 Å². The Labute approximate surface area is 239 Å². The maximum Gasteiger partial charge on any atom is 0.310 e. The molecule has 1 atom stereocenters. The first-order valence-electron chi connectivity index (χ1n) is 12.6. The van der Waals surface area contributed by atoms with Gasteiger partial charge in [0.1, 0.15) is 18.2 Å². The van der Waals surface area contributed by atoms with Crippen molar-refractivity contribution in [1.82, 2.24) is 0 Å². The van der Waals surface area contributed by atoms with E-state index in [1.165, 1.54) is 19.2 Å². The van der Waals surface area contributed by atoms with Gasteiger partial charge in [-0.3, -0.25) is 19.8 Å². The summed E-state index contributed by atoms with van der Waals surface area (Å²) in [5, 5.41) is 21.8. The van der Waals surface area contributed by atoms with Gasteiger partial charge in [0.25, 0.3) is 0 Å². The van der Waals surface area contributed by atoms with Gasteiger partial charge in [0.05, 0.1) is 29.6 Å². The van der Waals surface area contributed by atoms with Gasteiger partial charge in [0.15, 0.2) is 11.5 Å². The van der Waals surface area contributed by atoms with E-state index in [1.54, 1.807) is 18.2 Å². The summed E-state index contributed by atoms with van der Waals surface area (Å²) in [7, 11) is 1.52. The molecule has 1 heterocycles. The molecule has 0 bridgehead atoms. The molecule has 40 heavy (non-hydrogen) atoms. The van der Waals surface area contributed by atoms with E-state index in [-0.39, 0.29) is 35.2 Å². The number of ketones is 1. The van der Waals surface area contributed by atoms with Gasteiger partial charge in [-0.15, -0.1) is 0 Å². The van der Waals surface area contributed by atoms with E-state index in [4.69, 9.17) is 15.2 Å². The summed E-state index contributed by atoms with van der Waals surface area (Å²) in [5.74, 6) is 0.209. The summed E-state index contributed by atoms with van der Waals surface area (Å²) in [6.45, 7) is -0.0272. The number of carbonyl (C=O) groups excluding carboxylic acids is 1. The fourth-order valence-electron chi connectivity index (χ4n) is 5.28. The molecule has 1 aliphatic carbocycles. The monoisotopic (exact) mass is 600 g/mol. The van der Waals surface area contributed by atoms with Crippen LogP contribution in [0.4, 0.5) is 11.4 Å². The van der Waals surface area contributed by atoms with Crippen LogP contribution in [0.5, 0.6) is 11.5 Å². The molecule has 10 heteroatoms. The Morgan fingerprint density at radius 1 is 1.12 bits per heavy atom. The van der Waals surface area contributed by atoms with Crippen LogP contribution in [-0.4, -0.2) is 17.8 Å². The number of methoxy groups -OCH3 is 1. The maximum absolute atomic E-state index is 13.5. The summed E-state index contributed by atoms with van der Waals surface area (Å²) in [6, 6.07) is 21.3. The van der Waals surface area contributed by atoms with Crippen LogP contribution in [0.2, 0.25) is 0 Å². The molecule has 0 fully saturated rings. The average molecular weight is 601 g/mol. The Morgan fingerprint density at radius 2 is 1.88 bits per heavy atom. The van der Waals surface area contributed by atoms with E-state index in [0.717, 1.165) is 15.9 Å². The van der Waals surface area contributed by atoms with Crippen molar-refractivity contribution >= 4 is 33.1 Å². The maximum atomic E-state index is 13.5. The van der Waals surface area contributed by atoms with Crippen molar-refractivity contribution in [2.75, 3.05) is 12.0 Å². The minimum Gasteiger partial charge on any atom is -0.496 e. The summed E-state index contributed by atoms with van der Waals surface area (Å²) in [6.07, 6.45) is 1.70. The van der Waals surface area contributed by atoms with Crippen LogP contribution in [0.3, 0.4) is 0 Å². The molecule has 202 valence electrons. The number of ether oxygens (including phenoxy) is 2. The van der Waals surface area contributed by atoms with Crippen LogP contribution in [0.1, 0.15) is 36.3 Å². The minimum atomic E-state index is -0.671. The molecule has 0 spiro atoms. The highest BCUT2D eigenvalue weighted by atomic mass is 79.9. The number of nitro benzene ring substituents is 1. The molecule has 0 saturated heterocycles.